The minimum absolute atomic E-state index is 0.283. The van der Waals surface area contributed by atoms with Crippen LogP contribution in [-0.2, 0) is 6.54 Å². The monoisotopic (exact) mass is 211 g/mol. The number of hydrogen-bond donors (Lipinski definition) is 3. The summed E-state index contributed by atoms with van der Waals surface area (Å²) in [5.41, 5.74) is 2.34. The van der Waals surface area contributed by atoms with Crippen LogP contribution in [0.1, 0.15) is 31.0 Å². The maximum Gasteiger partial charge on any atom is 0.0535 e. The summed E-state index contributed by atoms with van der Waals surface area (Å²) in [6, 6.07) is 0. The Bertz CT molecular complexity index is 273. The Morgan fingerprint density at radius 3 is 2.93 bits per heavy atom. The van der Waals surface area contributed by atoms with Crippen LogP contribution in [0.4, 0.5) is 0 Å². The highest BCUT2D eigenvalue weighted by molar-refractivity contribution is 5.13. The average molecular weight is 211 g/mol. The fourth-order valence-electron chi connectivity index (χ4n) is 1.60. The predicted molar refractivity (Wildman–Crippen MR) is 60.5 cm³/mol. The van der Waals surface area contributed by atoms with Gasteiger partial charge in [-0.05, 0) is 25.8 Å². The van der Waals surface area contributed by atoms with Gasteiger partial charge >= 0.3 is 0 Å². The molecule has 1 rings (SSSR count). The molecule has 0 amide bonds. The second-order valence-electron chi connectivity index (χ2n) is 3.94. The van der Waals surface area contributed by atoms with Crippen LogP contribution in [0, 0.1) is 12.8 Å². The third-order valence-corrected chi connectivity index (χ3v) is 2.80. The molecule has 15 heavy (non-hydrogen) atoms. The van der Waals surface area contributed by atoms with Gasteiger partial charge in [-0.25, -0.2) is 0 Å². The molecule has 0 saturated carbocycles. The van der Waals surface area contributed by atoms with Crippen LogP contribution < -0.4 is 5.32 Å². The lowest BCUT2D eigenvalue weighted by molar-refractivity contribution is 0.251. The number of rotatable bonds is 7. The number of nitrogens with zero attached hydrogens (tertiary/aromatic N) is 1. The van der Waals surface area contributed by atoms with Gasteiger partial charge in [0.05, 0.1) is 6.20 Å². The third-order valence-electron chi connectivity index (χ3n) is 2.80. The molecule has 0 fully saturated rings. The lowest BCUT2D eigenvalue weighted by Crippen LogP contribution is -2.23. The van der Waals surface area contributed by atoms with Crippen LogP contribution in [0.2, 0.25) is 0 Å². The molecular weight excluding hydrogens is 190 g/mol. The number of aliphatic hydroxyl groups excluding tert-OH is 1. The largest absolute Gasteiger partial charge is 0.396 e. The number of nitrogens with one attached hydrogen (secondary N) is 2. The molecule has 86 valence electrons. The van der Waals surface area contributed by atoms with Gasteiger partial charge < -0.3 is 10.4 Å². The van der Waals surface area contributed by atoms with E-state index in [2.05, 4.69) is 22.4 Å². The topological polar surface area (TPSA) is 60.9 Å². The van der Waals surface area contributed by atoms with Gasteiger partial charge in [-0.15, -0.1) is 0 Å². The van der Waals surface area contributed by atoms with Crippen molar-refractivity contribution >= 4 is 0 Å². The number of aromatic nitrogens is 2. The minimum atomic E-state index is 0.283. The van der Waals surface area contributed by atoms with E-state index >= 15 is 0 Å². The molecule has 4 heteroatoms. The van der Waals surface area contributed by atoms with E-state index in [1.807, 2.05) is 13.1 Å². The fraction of sp³-hybridized carbons (Fsp3) is 0.727. The second-order valence-corrected chi connectivity index (χ2v) is 3.94. The van der Waals surface area contributed by atoms with Crippen molar-refractivity contribution in [1.29, 1.82) is 0 Å². The zero-order chi connectivity index (χ0) is 11.1. The van der Waals surface area contributed by atoms with Gasteiger partial charge in [0.15, 0.2) is 0 Å². The highest BCUT2D eigenvalue weighted by atomic mass is 16.3. The molecule has 0 radical (unpaired) electrons. The first-order valence-corrected chi connectivity index (χ1v) is 5.58. The van der Waals surface area contributed by atoms with Gasteiger partial charge in [-0.1, -0.05) is 13.3 Å². The normalized spacial score (nSPS) is 13.0. The SMILES string of the molecule is CCC(CCO)CNCc1cn[nH]c1C. The van der Waals surface area contributed by atoms with Crippen molar-refractivity contribution in [2.45, 2.75) is 33.2 Å². The summed E-state index contributed by atoms with van der Waals surface area (Å²) in [5.74, 6) is 0.571. The Morgan fingerprint density at radius 2 is 2.40 bits per heavy atom. The van der Waals surface area contributed by atoms with Crippen molar-refractivity contribution in [3.05, 3.63) is 17.5 Å². The zero-order valence-electron chi connectivity index (χ0n) is 9.58. The number of aliphatic hydroxyl groups is 1. The van der Waals surface area contributed by atoms with E-state index in [0.717, 1.165) is 31.6 Å². The van der Waals surface area contributed by atoms with Crippen molar-refractivity contribution in [3.8, 4) is 0 Å². The molecule has 4 nitrogen and oxygen atoms in total. The summed E-state index contributed by atoms with van der Waals surface area (Å²) in [7, 11) is 0. The molecule has 1 aromatic heterocycles. The summed E-state index contributed by atoms with van der Waals surface area (Å²) in [6.45, 7) is 6.27. The quantitative estimate of drug-likeness (QED) is 0.635. The van der Waals surface area contributed by atoms with Crippen LogP contribution in [0.3, 0.4) is 0 Å². The third kappa shape index (κ3) is 4.01. The highest BCUT2D eigenvalue weighted by Crippen LogP contribution is 2.07. The van der Waals surface area contributed by atoms with E-state index in [1.165, 1.54) is 5.56 Å². The molecule has 1 unspecified atom stereocenters. The van der Waals surface area contributed by atoms with Crippen LogP contribution in [0.5, 0.6) is 0 Å². The Hall–Kier alpha value is -0.870. The maximum absolute atomic E-state index is 8.85. The zero-order valence-corrected chi connectivity index (χ0v) is 9.58. The summed E-state index contributed by atoms with van der Waals surface area (Å²) in [6.07, 6.45) is 3.85. The number of hydrogen-bond acceptors (Lipinski definition) is 3. The molecule has 1 heterocycles. The van der Waals surface area contributed by atoms with E-state index in [0.29, 0.717) is 5.92 Å². The molecule has 1 aromatic rings. The van der Waals surface area contributed by atoms with E-state index in [1.54, 1.807) is 0 Å². The smallest absolute Gasteiger partial charge is 0.0535 e. The highest BCUT2D eigenvalue weighted by Gasteiger charge is 2.05. The van der Waals surface area contributed by atoms with Gasteiger partial charge in [0.2, 0.25) is 0 Å². The van der Waals surface area contributed by atoms with Crippen molar-refractivity contribution in [3.63, 3.8) is 0 Å². The lowest BCUT2D eigenvalue weighted by atomic mass is 10.0. The molecule has 0 saturated heterocycles. The Balaban J connectivity index is 2.23. The average Bonchev–Trinajstić information content (AvgIpc) is 2.63. The maximum atomic E-state index is 8.85. The summed E-state index contributed by atoms with van der Waals surface area (Å²) >= 11 is 0. The van der Waals surface area contributed by atoms with E-state index in [-0.39, 0.29) is 6.61 Å². The first-order chi connectivity index (χ1) is 7.27. The van der Waals surface area contributed by atoms with Crippen molar-refractivity contribution < 1.29 is 5.11 Å². The lowest BCUT2D eigenvalue weighted by Gasteiger charge is -2.13. The first-order valence-electron chi connectivity index (χ1n) is 5.58. The standard InChI is InChI=1S/C11H21N3O/c1-3-10(4-5-15)6-12-7-11-8-13-14-9(11)2/h8,10,12,15H,3-7H2,1-2H3,(H,13,14). The summed E-state index contributed by atoms with van der Waals surface area (Å²) in [5, 5.41) is 19.1. The van der Waals surface area contributed by atoms with Crippen LogP contribution in [0.15, 0.2) is 6.20 Å². The first kappa shape index (κ1) is 12.2. The molecule has 1 atom stereocenters. The van der Waals surface area contributed by atoms with Crippen LogP contribution >= 0.6 is 0 Å². The van der Waals surface area contributed by atoms with Gasteiger partial charge in [-0.3, -0.25) is 5.10 Å². The molecule has 0 aromatic carbocycles. The molecule has 0 aliphatic heterocycles. The van der Waals surface area contributed by atoms with E-state index in [9.17, 15) is 0 Å². The number of H-pyrrole nitrogens is 1. The van der Waals surface area contributed by atoms with Gasteiger partial charge in [0.25, 0.3) is 0 Å². The predicted octanol–water partition coefficient (Wildman–Crippen LogP) is 1.22. The second kappa shape index (κ2) is 6.58. The van der Waals surface area contributed by atoms with E-state index < -0.39 is 0 Å². The fourth-order valence-corrected chi connectivity index (χ4v) is 1.60. The molecule has 0 aliphatic rings. The molecule has 0 aliphatic carbocycles. The number of aryl methyl sites for hydroxylation is 1. The summed E-state index contributed by atoms with van der Waals surface area (Å²) in [4.78, 5) is 0. The Labute approximate surface area is 91.1 Å². The van der Waals surface area contributed by atoms with Gasteiger partial charge in [0, 0.05) is 24.4 Å². The van der Waals surface area contributed by atoms with Crippen LogP contribution in [0.25, 0.3) is 0 Å². The van der Waals surface area contributed by atoms with Gasteiger partial charge in [-0.2, -0.15) is 5.10 Å². The molecule has 0 bridgehead atoms. The molecular formula is C11H21N3O. The summed E-state index contributed by atoms with van der Waals surface area (Å²) < 4.78 is 0. The van der Waals surface area contributed by atoms with Crippen molar-refractivity contribution in [2.24, 2.45) is 5.92 Å². The molecule has 0 spiro atoms. The van der Waals surface area contributed by atoms with E-state index in [4.69, 9.17) is 5.11 Å². The van der Waals surface area contributed by atoms with Gasteiger partial charge in [0.1, 0.15) is 0 Å². The Kier molecular flexibility index (Phi) is 5.36. The minimum Gasteiger partial charge on any atom is -0.396 e. The van der Waals surface area contributed by atoms with Crippen molar-refractivity contribution in [1.82, 2.24) is 15.5 Å². The number of aromatic amines is 1. The molecule has 3 N–H and O–H groups in total. The van der Waals surface area contributed by atoms with Crippen molar-refractivity contribution in [2.75, 3.05) is 13.2 Å². The van der Waals surface area contributed by atoms with Crippen LogP contribution in [-0.4, -0.2) is 28.5 Å². The Morgan fingerprint density at radius 1 is 1.60 bits per heavy atom.